The van der Waals surface area contributed by atoms with Crippen molar-refractivity contribution in [1.82, 2.24) is 20.9 Å². The second-order valence-corrected chi connectivity index (χ2v) is 15.5. The Hall–Kier alpha value is -3.44. The number of carbonyl (C=O) groups excluding carboxylic acids is 6. The van der Waals surface area contributed by atoms with Gasteiger partial charge in [0.15, 0.2) is 0 Å². The van der Waals surface area contributed by atoms with Gasteiger partial charge >= 0.3 is 12.0 Å². The molecule has 0 spiro atoms. The Morgan fingerprint density at radius 3 is 2.11 bits per heavy atom. The number of nitrogens with zero attached hydrogens (tertiary/aromatic N) is 1. The van der Waals surface area contributed by atoms with Crippen LogP contribution in [-0.4, -0.2) is 77.7 Å². The molecule has 1 aliphatic heterocycles. The van der Waals surface area contributed by atoms with Crippen LogP contribution >= 0.6 is 0 Å². The second kappa shape index (κ2) is 12.9. The van der Waals surface area contributed by atoms with E-state index < -0.39 is 65.1 Å². The van der Waals surface area contributed by atoms with E-state index in [1.165, 1.54) is 11.0 Å². The molecule has 44 heavy (non-hydrogen) atoms. The van der Waals surface area contributed by atoms with Gasteiger partial charge in [-0.2, -0.15) is 0 Å². The van der Waals surface area contributed by atoms with E-state index in [0.29, 0.717) is 19.4 Å². The van der Waals surface area contributed by atoms with Crippen molar-refractivity contribution >= 4 is 35.5 Å². The van der Waals surface area contributed by atoms with Crippen molar-refractivity contribution in [2.24, 2.45) is 39.7 Å². The van der Waals surface area contributed by atoms with Gasteiger partial charge in [-0.25, -0.2) is 9.59 Å². The molecular formula is C32H51N5O7. The lowest BCUT2D eigenvalue weighted by molar-refractivity contribution is -0.145. The van der Waals surface area contributed by atoms with Crippen LogP contribution in [0.5, 0.6) is 0 Å². The van der Waals surface area contributed by atoms with Gasteiger partial charge in [0.05, 0.1) is 6.04 Å². The third-order valence-corrected chi connectivity index (χ3v) is 9.04. The van der Waals surface area contributed by atoms with Gasteiger partial charge in [-0.1, -0.05) is 80.9 Å². The first kappa shape index (κ1) is 35.0. The molecule has 3 fully saturated rings. The Morgan fingerprint density at radius 2 is 1.61 bits per heavy atom. The van der Waals surface area contributed by atoms with Crippen LogP contribution in [0.4, 0.5) is 4.79 Å². The van der Waals surface area contributed by atoms with Crippen LogP contribution in [0.3, 0.4) is 0 Å². The number of carbonyl (C=O) groups is 6. The van der Waals surface area contributed by atoms with Crippen molar-refractivity contribution in [3.63, 3.8) is 0 Å². The number of esters is 1. The number of hydrogen-bond acceptors (Lipinski definition) is 7. The van der Waals surface area contributed by atoms with Crippen LogP contribution in [0, 0.1) is 34.0 Å². The average Bonchev–Trinajstić information content (AvgIpc) is 3.74. The Bertz CT molecular complexity index is 1180. The molecule has 2 aliphatic carbocycles. The van der Waals surface area contributed by atoms with E-state index in [2.05, 4.69) is 22.5 Å². The SMILES string of the molecule is C=CCOC(=O)C(CC(C)(C)C)NC(=O)N[C@H](C(=O)N1C[C@H]2[C@@H]([C@H]1C(=O)NC(CC1CC1)C(=O)C(N)=O)C2(C)C)C(C)(C)C. The highest BCUT2D eigenvalue weighted by atomic mass is 16.5. The number of primary amides is 1. The monoisotopic (exact) mass is 617 g/mol. The molecule has 1 heterocycles. The predicted octanol–water partition coefficient (Wildman–Crippen LogP) is 2.06. The van der Waals surface area contributed by atoms with E-state index >= 15 is 0 Å². The topological polar surface area (TPSA) is 177 Å². The highest BCUT2D eigenvalue weighted by Gasteiger charge is 2.70. The lowest BCUT2D eigenvalue weighted by Crippen LogP contribution is -2.62. The molecule has 2 saturated carbocycles. The summed E-state index contributed by atoms with van der Waals surface area (Å²) in [6.07, 6.45) is 3.88. The highest BCUT2D eigenvalue weighted by molar-refractivity contribution is 6.37. The summed E-state index contributed by atoms with van der Waals surface area (Å²) in [5.41, 5.74) is 3.99. The number of nitrogens with two attached hydrogens (primary N) is 1. The van der Waals surface area contributed by atoms with Crippen molar-refractivity contribution in [2.75, 3.05) is 13.2 Å². The van der Waals surface area contributed by atoms with Crippen molar-refractivity contribution in [1.29, 1.82) is 0 Å². The summed E-state index contributed by atoms with van der Waals surface area (Å²) < 4.78 is 5.20. The maximum Gasteiger partial charge on any atom is 0.329 e. The Balaban J connectivity index is 1.81. The number of ketones is 1. The van der Waals surface area contributed by atoms with Gasteiger partial charge in [0.2, 0.25) is 17.6 Å². The molecule has 0 aromatic heterocycles. The molecule has 3 aliphatic rings. The van der Waals surface area contributed by atoms with Gasteiger partial charge in [-0.3, -0.25) is 19.2 Å². The summed E-state index contributed by atoms with van der Waals surface area (Å²) in [6.45, 7) is 19.1. The Morgan fingerprint density at radius 1 is 1.00 bits per heavy atom. The molecule has 5 N–H and O–H groups in total. The van der Waals surface area contributed by atoms with Gasteiger partial charge < -0.3 is 31.3 Å². The summed E-state index contributed by atoms with van der Waals surface area (Å²) in [6, 6.07) is -4.66. The third-order valence-electron chi connectivity index (χ3n) is 9.04. The fraction of sp³-hybridized carbons (Fsp3) is 0.750. The molecule has 0 bridgehead atoms. The van der Waals surface area contributed by atoms with Gasteiger partial charge in [0.1, 0.15) is 24.7 Å². The lowest BCUT2D eigenvalue weighted by Gasteiger charge is -2.38. The smallest absolute Gasteiger partial charge is 0.329 e. The lowest BCUT2D eigenvalue weighted by atomic mass is 9.85. The van der Waals surface area contributed by atoms with Crippen LogP contribution in [0.25, 0.3) is 0 Å². The maximum absolute atomic E-state index is 14.2. The van der Waals surface area contributed by atoms with Crippen LogP contribution in [0.15, 0.2) is 12.7 Å². The number of rotatable bonds is 13. The van der Waals surface area contributed by atoms with Gasteiger partial charge in [0, 0.05) is 6.54 Å². The molecule has 5 amide bonds. The number of nitrogens with one attached hydrogen (secondary N) is 3. The minimum absolute atomic E-state index is 0.00444. The van der Waals surface area contributed by atoms with Crippen LogP contribution < -0.4 is 21.7 Å². The zero-order chi connectivity index (χ0) is 33.4. The molecule has 12 nitrogen and oxygen atoms in total. The Labute approximate surface area is 260 Å². The summed E-state index contributed by atoms with van der Waals surface area (Å²) in [5, 5.41) is 8.19. The minimum atomic E-state index is -1.11. The zero-order valence-corrected chi connectivity index (χ0v) is 27.5. The van der Waals surface area contributed by atoms with Crippen molar-refractivity contribution in [2.45, 2.75) is 105 Å². The number of urea groups is 1. The fourth-order valence-corrected chi connectivity index (χ4v) is 6.35. The largest absolute Gasteiger partial charge is 0.460 e. The first-order valence-corrected chi connectivity index (χ1v) is 15.5. The third kappa shape index (κ3) is 8.38. The van der Waals surface area contributed by atoms with E-state index in [1.807, 2.05) is 34.6 Å². The van der Waals surface area contributed by atoms with Crippen molar-refractivity contribution < 1.29 is 33.5 Å². The molecule has 2 unspecified atom stereocenters. The molecule has 12 heteroatoms. The highest BCUT2D eigenvalue weighted by Crippen LogP contribution is 2.65. The van der Waals surface area contributed by atoms with Crippen LogP contribution in [0.1, 0.15) is 81.1 Å². The van der Waals surface area contributed by atoms with Crippen molar-refractivity contribution in [3.8, 4) is 0 Å². The molecular weight excluding hydrogens is 566 g/mol. The van der Waals surface area contributed by atoms with Crippen LogP contribution in [-0.2, 0) is 28.7 Å². The first-order chi connectivity index (χ1) is 20.2. The van der Waals surface area contributed by atoms with E-state index in [9.17, 15) is 28.8 Å². The first-order valence-electron chi connectivity index (χ1n) is 15.5. The number of amides is 5. The quantitative estimate of drug-likeness (QED) is 0.139. The van der Waals surface area contributed by atoms with Gasteiger partial charge in [0.25, 0.3) is 5.91 Å². The summed E-state index contributed by atoms with van der Waals surface area (Å²) in [4.78, 5) is 79.8. The molecule has 1 saturated heterocycles. The van der Waals surface area contributed by atoms with E-state index in [1.54, 1.807) is 20.8 Å². The Kier molecular flexibility index (Phi) is 10.3. The molecule has 0 aromatic carbocycles. The maximum atomic E-state index is 14.2. The normalized spacial score (nSPS) is 24.2. The average molecular weight is 618 g/mol. The zero-order valence-electron chi connectivity index (χ0n) is 27.5. The molecule has 246 valence electrons. The van der Waals surface area contributed by atoms with Gasteiger partial charge in [-0.05, 0) is 46.8 Å². The second-order valence-electron chi connectivity index (χ2n) is 15.5. The van der Waals surface area contributed by atoms with Crippen LogP contribution in [0.2, 0.25) is 0 Å². The minimum Gasteiger partial charge on any atom is -0.460 e. The van der Waals surface area contributed by atoms with E-state index in [0.717, 1.165) is 12.8 Å². The van der Waals surface area contributed by atoms with Gasteiger partial charge in [-0.15, -0.1) is 0 Å². The number of ether oxygens (including phenoxy) is 1. The number of Topliss-reactive ketones (excluding diaryl/α,β-unsaturated/α-hetero) is 1. The molecule has 6 atom stereocenters. The molecule has 3 rings (SSSR count). The molecule has 0 radical (unpaired) electrons. The number of likely N-dealkylation sites (tertiary alicyclic amines) is 1. The fourth-order valence-electron chi connectivity index (χ4n) is 6.35. The number of piperidine rings is 1. The standard InChI is InChI=1S/C32H51N5O7/c1-10-13-44-28(42)20(15-30(2,3)4)35-29(43)36-24(31(5,6)7)27(41)37-16-18-21(32(18,8)9)22(37)26(40)34-19(14-17-11-12-17)23(38)25(33)39/h10,17-22,24H,1,11-16H2,2-9H3,(H2,33,39)(H,34,40)(H2,35,36,43)/t18-,19?,20?,21-,22-,24+/m0/s1. The van der Waals surface area contributed by atoms with Crippen molar-refractivity contribution in [3.05, 3.63) is 12.7 Å². The number of hydrogen-bond donors (Lipinski definition) is 4. The predicted molar refractivity (Wildman–Crippen MR) is 164 cm³/mol. The van der Waals surface area contributed by atoms with E-state index in [-0.39, 0.29) is 35.2 Å². The molecule has 0 aromatic rings. The summed E-state index contributed by atoms with van der Waals surface area (Å²) in [7, 11) is 0. The summed E-state index contributed by atoms with van der Waals surface area (Å²) in [5.74, 6) is -3.39. The van der Waals surface area contributed by atoms with E-state index in [4.69, 9.17) is 10.5 Å². The number of fused-ring (bicyclic) bond motifs is 1. The summed E-state index contributed by atoms with van der Waals surface area (Å²) >= 11 is 0.